The van der Waals surface area contributed by atoms with E-state index in [0.717, 1.165) is 6.42 Å². The Balaban J connectivity index is 2.32. The summed E-state index contributed by atoms with van der Waals surface area (Å²) in [4.78, 5) is 0. The first-order chi connectivity index (χ1) is 11.7. The standard InChI is InChI=1S/C24H30Si/c1-18-15-19(2)17-21(16-18)25(6,20-11-8-7-9-12-20)23-14-10-13-22(23)24(3,4)5/h7-13,15-17H,14H2,1-6H3. The van der Waals surface area contributed by atoms with Crippen molar-refractivity contribution in [2.45, 2.75) is 47.6 Å². The Morgan fingerprint density at radius 1 is 0.840 bits per heavy atom. The van der Waals surface area contributed by atoms with E-state index in [4.69, 9.17) is 0 Å². The van der Waals surface area contributed by atoms with Crippen molar-refractivity contribution in [1.82, 2.24) is 0 Å². The molecule has 0 radical (unpaired) electrons. The largest absolute Gasteiger partial charge is 0.142 e. The smallest absolute Gasteiger partial charge is 0.0805 e. The van der Waals surface area contributed by atoms with Gasteiger partial charge in [0.15, 0.2) is 0 Å². The quantitative estimate of drug-likeness (QED) is 0.658. The van der Waals surface area contributed by atoms with Crippen LogP contribution in [0.3, 0.4) is 0 Å². The maximum absolute atomic E-state index is 2.55. The molecule has 0 fully saturated rings. The summed E-state index contributed by atoms with van der Waals surface area (Å²) < 4.78 is 0. The van der Waals surface area contributed by atoms with E-state index in [2.05, 4.69) is 102 Å². The van der Waals surface area contributed by atoms with Crippen molar-refractivity contribution in [3.63, 3.8) is 0 Å². The lowest BCUT2D eigenvalue weighted by atomic mass is 9.87. The Morgan fingerprint density at radius 3 is 2.00 bits per heavy atom. The summed E-state index contributed by atoms with van der Waals surface area (Å²) in [5.74, 6) is 0. The predicted octanol–water partition coefficient (Wildman–Crippen LogP) is 5.34. The van der Waals surface area contributed by atoms with E-state index in [1.54, 1.807) is 10.8 Å². The Morgan fingerprint density at radius 2 is 1.44 bits per heavy atom. The minimum absolute atomic E-state index is 0.185. The Hall–Kier alpha value is -1.86. The van der Waals surface area contributed by atoms with Crippen LogP contribution >= 0.6 is 0 Å². The lowest BCUT2D eigenvalue weighted by Gasteiger charge is -2.35. The van der Waals surface area contributed by atoms with Gasteiger partial charge in [0.05, 0.1) is 0 Å². The van der Waals surface area contributed by atoms with E-state index >= 15 is 0 Å². The molecule has 3 rings (SSSR count). The van der Waals surface area contributed by atoms with Gasteiger partial charge in [0, 0.05) is 0 Å². The third kappa shape index (κ3) is 3.30. The van der Waals surface area contributed by atoms with Crippen LogP contribution in [0.1, 0.15) is 38.3 Å². The Bertz CT molecular complexity index is 814. The zero-order valence-corrected chi connectivity index (χ0v) is 17.5. The van der Waals surface area contributed by atoms with E-state index < -0.39 is 8.07 Å². The molecule has 0 saturated heterocycles. The van der Waals surface area contributed by atoms with E-state index in [1.165, 1.54) is 21.5 Å². The van der Waals surface area contributed by atoms with Gasteiger partial charge < -0.3 is 0 Å². The van der Waals surface area contributed by atoms with E-state index in [0.29, 0.717) is 0 Å². The molecule has 1 aliphatic carbocycles. The first-order valence-electron chi connectivity index (χ1n) is 9.28. The van der Waals surface area contributed by atoms with Gasteiger partial charge in [-0.3, -0.25) is 0 Å². The maximum atomic E-state index is 2.55. The highest BCUT2D eigenvalue weighted by Gasteiger charge is 2.40. The normalized spacial score (nSPS) is 17.0. The molecule has 25 heavy (non-hydrogen) atoms. The van der Waals surface area contributed by atoms with Gasteiger partial charge in [-0.25, -0.2) is 0 Å². The summed E-state index contributed by atoms with van der Waals surface area (Å²) in [5.41, 5.74) is 4.47. The highest BCUT2D eigenvalue weighted by atomic mass is 28.3. The van der Waals surface area contributed by atoms with Crippen LogP contribution < -0.4 is 10.4 Å². The lowest BCUT2D eigenvalue weighted by molar-refractivity contribution is 0.516. The minimum Gasteiger partial charge on any atom is -0.0805 e. The van der Waals surface area contributed by atoms with Gasteiger partial charge in [0.2, 0.25) is 0 Å². The van der Waals surface area contributed by atoms with Crippen molar-refractivity contribution in [3.8, 4) is 0 Å². The highest BCUT2D eigenvalue weighted by molar-refractivity contribution is 7.06. The van der Waals surface area contributed by atoms with Crippen molar-refractivity contribution >= 4 is 18.4 Å². The molecule has 1 heteroatoms. The zero-order chi connectivity index (χ0) is 18.2. The molecule has 0 amide bonds. The van der Waals surface area contributed by atoms with Crippen LogP contribution in [0.15, 0.2) is 71.5 Å². The van der Waals surface area contributed by atoms with E-state index in [9.17, 15) is 0 Å². The monoisotopic (exact) mass is 346 g/mol. The van der Waals surface area contributed by atoms with Gasteiger partial charge >= 0.3 is 0 Å². The number of aryl methyl sites for hydroxylation is 2. The molecule has 130 valence electrons. The van der Waals surface area contributed by atoms with Gasteiger partial charge in [-0.1, -0.05) is 104 Å². The van der Waals surface area contributed by atoms with Crippen LogP contribution in [-0.4, -0.2) is 8.07 Å². The molecule has 0 aromatic heterocycles. The van der Waals surface area contributed by atoms with E-state index in [1.807, 2.05) is 0 Å². The van der Waals surface area contributed by atoms with Crippen LogP contribution in [0.2, 0.25) is 6.55 Å². The molecule has 0 saturated carbocycles. The van der Waals surface area contributed by atoms with E-state index in [-0.39, 0.29) is 5.41 Å². The van der Waals surface area contributed by atoms with Crippen LogP contribution in [0.25, 0.3) is 0 Å². The molecular formula is C24H30Si. The lowest BCUT2D eigenvalue weighted by Crippen LogP contribution is -2.58. The summed E-state index contributed by atoms with van der Waals surface area (Å²) in [6.07, 6.45) is 5.84. The SMILES string of the molecule is Cc1cc(C)cc([Si](C)(C2=C(C(C)(C)C)C=CC2)c2ccccc2)c1. The first-order valence-corrected chi connectivity index (χ1v) is 11.8. The second kappa shape index (κ2) is 6.46. The number of hydrogen-bond donors (Lipinski definition) is 0. The van der Waals surface area contributed by atoms with Crippen molar-refractivity contribution in [1.29, 1.82) is 0 Å². The fourth-order valence-electron chi connectivity index (χ4n) is 4.23. The molecule has 0 nitrogen and oxygen atoms in total. The zero-order valence-electron chi connectivity index (χ0n) is 16.5. The first kappa shape index (κ1) is 17.9. The molecule has 0 bridgehead atoms. The Labute approximate surface area is 154 Å². The molecule has 0 aliphatic heterocycles. The minimum atomic E-state index is -1.99. The van der Waals surface area contributed by atoms with Crippen LogP contribution in [-0.2, 0) is 0 Å². The third-order valence-electron chi connectivity index (χ3n) is 5.49. The predicted molar refractivity (Wildman–Crippen MR) is 113 cm³/mol. The summed E-state index contributed by atoms with van der Waals surface area (Å²) in [5, 5.41) is 4.73. The number of allylic oxidation sites excluding steroid dienone is 4. The second-order valence-electron chi connectivity index (χ2n) is 8.62. The van der Waals surface area contributed by atoms with Gasteiger partial charge in [-0.2, -0.15) is 0 Å². The maximum Gasteiger partial charge on any atom is 0.142 e. The van der Waals surface area contributed by atoms with Crippen molar-refractivity contribution < 1.29 is 0 Å². The summed E-state index contributed by atoms with van der Waals surface area (Å²) >= 11 is 0. The van der Waals surface area contributed by atoms with Crippen LogP contribution in [0, 0.1) is 19.3 Å². The third-order valence-corrected chi connectivity index (χ3v) is 10.1. The molecule has 0 spiro atoms. The topological polar surface area (TPSA) is 0 Å². The fourth-order valence-corrected chi connectivity index (χ4v) is 8.68. The van der Waals surface area contributed by atoms with Crippen molar-refractivity contribution in [2.24, 2.45) is 5.41 Å². The Kier molecular flexibility index (Phi) is 4.63. The highest BCUT2D eigenvalue weighted by Crippen LogP contribution is 2.38. The number of hydrogen-bond acceptors (Lipinski definition) is 0. The molecule has 2 aromatic carbocycles. The summed E-state index contributed by atoms with van der Waals surface area (Å²) in [7, 11) is -1.99. The van der Waals surface area contributed by atoms with Crippen molar-refractivity contribution in [3.05, 3.63) is 82.6 Å². The number of benzene rings is 2. The van der Waals surface area contributed by atoms with Gasteiger partial charge in [-0.05, 0) is 41.6 Å². The average molecular weight is 347 g/mol. The molecule has 0 heterocycles. The van der Waals surface area contributed by atoms with Crippen LogP contribution in [0.4, 0.5) is 0 Å². The molecule has 1 atom stereocenters. The molecule has 0 N–H and O–H groups in total. The fraction of sp³-hybridized carbons (Fsp3) is 0.333. The average Bonchev–Trinajstić information content (AvgIpc) is 3.04. The van der Waals surface area contributed by atoms with Gasteiger partial charge in [-0.15, -0.1) is 0 Å². The van der Waals surface area contributed by atoms with Crippen LogP contribution in [0.5, 0.6) is 0 Å². The molecule has 2 aromatic rings. The molecular weight excluding hydrogens is 316 g/mol. The molecule has 1 aliphatic rings. The van der Waals surface area contributed by atoms with Crippen molar-refractivity contribution in [2.75, 3.05) is 0 Å². The number of rotatable bonds is 3. The summed E-state index contributed by atoms with van der Waals surface area (Å²) in [6, 6.07) is 18.4. The second-order valence-corrected chi connectivity index (χ2v) is 12.6. The molecule has 1 unspecified atom stereocenters. The van der Waals surface area contributed by atoms with Gasteiger partial charge in [0.1, 0.15) is 8.07 Å². The summed E-state index contributed by atoms with van der Waals surface area (Å²) in [6.45, 7) is 14.0. The van der Waals surface area contributed by atoms with Gasteiger partial charge in [0.25, 0.3) is 0 Å².